The molecular formula is C22H22N2O2. The van der Waals surface area contributed by atoms with E-state index in [1.807, 2.05) is 60.7 Å². The molecule has 1 unspecified atom stereocenters. The van der Waals surface area contributed by atoms with Crippen molar-refractivity contribution in [3.63, 3.8) is 0 Å². The molecule has 132 valence electrons. The lowest BCUT2D eigenvalue weighted by atomic mass is 10.0. The summed E-state index contributed by atoms with van der Waals surface area (Å²) in [5.74, 6) is -0.162. The first kappa shape index (κ1) is 17.8. The van der Waals surface area contributed by atoms with E-state index in [1.54, 1.807) is 18.3 Å². The molecule has 1 heterocycles. The van der Waals surface area contributed by atoms with Crippen LogP contribution in [0.4, 0.5) is 0 Å². The third-order valence-electron chi connectivity index (χ3n) is 4.25. The number of para-hydroxylation sites is 1. The number of aliphatic hydroxyl groups excluding tert-OH is 1. The van der Waals surface area contributed by atoms with E-state index in [2.05, 4.69) is 10.3 Å². The number of carbonyl (C=O) groups is 1. The van der Waals surface area contributed by atoms with Crippen LogP contribution < -0.4 is 5.32 Å². The number of benzene rings is 2. The monoisotopic (exact) mass is 346 g/mol. The van der Waals surface area contributed by atoms with Crippen molar-refractivity contribution in [3.8, 4) is 0 Å². The molecule has 2 N–H and O–H groups in total. The summed E-state index contributed by atoms with van der Waals surface area (Å²) >= 11 is 0. The molecule has 4 heteroatoms. The van der Waals surface area contributed by atoms with E-state index >= 15 is 0 Å². The predicted molar refractivity (Wildman–Crippen MR) is 104 cm³/mol. The maximum atomic E-state index is 12.4. The minimum atomic E-state index is -0.162. The minimum absolute atomic E-state index is 0.108. The molecule has 1 atom stereocenters. The Kier molecular flexibility index (Phi) is 6.12. The van der Waals surface area contributed by atoms with Gasteiger partial charge in [-0.15, -0.1) is 0 Å². The average Bonchev–Trinajstić information content (AvgIpc) is 2.70. The summed E-state index contributed by atoms with van der Waals surface area (Å²) in [7, 11) is 0. The normalized spacial score (nSPS) is 12.3. The maximum Gasteiger partial charge on any atom is 0.244 e. The fourth-order valence-electron chi connectivity index (χ4n) is 2.95. The highest BCUT2D eigenvalue weighted by Crippen LogP contribution is 2.19. The molecule has 0 aliphatic carbocycles. The molecule has 4 nitrogen and oxygen atoms in total. The molecule has 0 fully saturated rings. The number of carbonyl (C=O) groups excluding carboxylic acids is 1. The molecule has 3 rings (SSSR count). The summed E-state index contributed by atoms with van der Waals surface area (Å²) in [5, 5.41) is 13.2. The SMILES string of the molecule is O=C(/C=C/c1cccc2cccnc12)NC(CCCO)c1ccccc1. The van der Waals surface area contributed by atoms with Gasteiger partial charge in [0.2, 0.25) is 5.91 Å². The third kappa shape index (κ3) is 4.55. The molecule has 0 radical (unpaired) electrons. The quantitative estimate of drug-likeness (QED) is 0.638. The van der Waals surface area contributed by atoms with Gasteiger partial charge in [0, 0.05) is 29.8 Å². The Morgan fingerprint density at radius 2 is 1.88 bits per heavy atom. The summed E-state index contributed by atoms with van der Waals surface area (Å²) < 4.78 is 0. The first-order valence-electron chi connectivity index (χ1n) is 8.76. The van der Waals surface area contributed by atoms with Crippen molar-refractivity contribution >= 4 is 22.9 Å². The van der Waals surface area contributed by atoms with E-state index in [9.17, 15) is 4.79 Å². The summed E-state index contributed by atoms with van der Waals surface area (Å²) in [4.78, 5) is 16.8. The van der Waals surface area contributed by atoms with Gasteiger partial charge < -0.3 is 10.4 Å². The van der Waals surface area contributed by atoms with Crippen LogP contribution in [0, 0.1) is 0 Å². The number of rotatable bonds is 7. The highest BCUT2D eigenvalue weighted by molar-refractivity contribution is 5.95. The van der Waals surface area contributed by atoms with E-state index < -0.39 is 0 Å². The molecule has 0 saturated carbocycles. The van der Waals surface area contributed by atoms with E-state index in [0.717, 1.165) is 22.0 Å². The number of nitrogens with one attached hydrogen (secondary N) is 1. The van der Waals surface area contributed by atoms with Gasteiger partial charge in [0.1, 0.15) is 0 Å². The van der Waals surface area contributed by atoms with Crippen molar-refractivity contribution in [1.82, 2.24) is 10.3 Å². The summed E-state index contributed by atoms with van der Waals surface area (Å²) in [6.45, 7) is 0.108. The number of hydrogen-bond donors (Lipinski definition) is 2. The van der Waals surface area contributed by atoms with Gasteiger partial charge in [0.25, 0.3) is 0 Å². The lowest BCUT2D eigenvalue weighted by Crippen LogP contribution is -2.27. The Labute approximate surface area is 153 Å². The molecule has 1 amide bonds. The van der Waals surface area contributed by atoms with Crippen LogP contribution in [0.1, 0.15) is 30.0 Å². The topological polar surface area (TPSA) is 62.2 Å². The van der Waals surface area contributed by atoms with Gasteiger partial charge in [-0.1, -0.05) is 54.6 Å². The van der Waals surface area contributed by atoms with Crippen LogP contribution in [0.25, 0.3) is 17.0 Å². The lowest BCUT2D eigenvalue weighted by Gasteiger charge is -2.18. The molecule has 0 spiro atoms. The number of fused-ring (bicyclic) bond motifs is 1. The van der Waals surface area contributed by atoms with Gasteiger partial charge in [0.05, 0.1) is 11.6 Å². The minimum Gasteiger partial charge on any atom is -0.396 e. The van der Waals surface area contributed by atoms with Gasteiger partial charge in [0.15, 0.2) is 0 Å². The van der Waals surface area contributed by atoms with E-state index in [1.165, 1.54) is 0 Å². The standard InChI is InChI=1S/C22H22N2O2/c25-16-6-12-20(17-7-2-1-3-8-17)24-21(26)14-13-19-10-4-9-18-11-5-15-23-22(18)19/h1-5,7-11,13-15,20,25H,6,12,16H2,(H,24,26)/b14-13+. The first-order valence-corrected chi connectivity index (χ1v) is 8.76. The molecule has 0 saturated heterocycles. The Bertz CT molecular complexity index is 886. The van der Waals surface area contributed by atoms with Crippen molar-refractivity contribution in [3.05, 3.63) is 84.1 Å². The predicted octanol–water partition coefficient (Wildman–Crippen LogP) is 3.88. The highest BCUT2D eigenvalue weighted by atomic mass is 16.3. The van der Waals surface area contributed by atoms with Gasteiger partial charge in [-0.2, -0.15) is 0 Å². The first-order chi connectivity index (χ1) is 12.8. The van der Waals surface area contributed by atoms with Gasteiger partial charge >= 0.3 is 0 Å². The zero-order valence-electron chi connectivity index (χ0n) is 14.5. The fraction of sp³-hybridized carbons (Fsp3) is 0.182. The third-order valence-corrected chi connectivity index (χ3v) is 4.25. The van der Waals surface area contributed by atoms with E-state index in [-0.39, 0.29) is 18.6 Å². The zero-order valence-corrected chi connectivity index (χ0v) is 14.5. The molecule has 26 heavy (non-hydrogen) atoms. The average molecular weight is 346 g/mol. The molecule has 0 aliphatic heterocycles. The zero-order chi connectivity index (χ0) is 18.2. The number of amides is 1. The second-order valence-electron chi connectivity index (χ2n) is 6.09. The van der Waals surface area contributed by atoms with E-state index in [4.69, 9.17) is 5.11 Å². The molecular weight excluding hydrogens is 324 g/mol. The highest BCUT2D eigenvalue weighted by Gasteiger charge is 2.12. The van der Waals surface area contributed by atoms with Crippen molar-refractivity contribution < 1.29 is 9.90 Å². The van der Waals surface area contributed by atoms with Gasteiger partial charge in [-0.05, 0) is 30.5 Å². The van der Waals surface area contributed by atoms with Crippen LogP contribution in [-0.2, 0) is 4.79 Å². The second kappa shape index (κ2) is 8.92. The Morgan fingerprint density at radius 3 is 2.69 bits per heavy atom. The van der Waals surface area contributed by atoms with Crippen LogP contribution in [-0.4, -0.2) is 22.6 Å². The molecule has 2 aromatic carbocycles. The van der Waals surface area contributed by atoms with Crippen LogP contribution in [0.15, 0.2) is 72.9 Å². The van der Waals surface area contributed by atoms with Crippen LogP contribution >= 0.6 is 0 Å². The lowest BCUT2D eigenvalue weighted by molar-refractivity contribution is -0.117. The Hall–Kier alpha value is -2.98. The summed E-state index contributed by atoms with van der Waals surface area (Å²) in [6, 6.07) is 19.5. The van der Waals surface area contributed by atoms with Gasteiger partial charge in [-0.25, -0.2) is 0 Å². The number of aliphatic hydroxyl groups is 1. The summed E-state index contributed by atoms with van der Waals surface area (Å²) in [6.07, 6.45) is 6.41. The number of hydrogen-bond acceptors (Lipinski definition) is 3. The number of aromatic nitrogens is 1. The Morgan fingerprint density at radius 1 is 1.08 bits per heavy atom. The van der Waals surface area contributed by atoms with Crippen LogP contribution in [0.3, 0.4) is 0 Å². The molecule has 1 aromatic heterocycles. The number of pyridine rings is 1. The Balaban J connectivity index is 1.74. The van der Waals surface area contributed by atoms with Crippen molar-refractivity contribution in [2.45, 2.75) is 18.9 Å². The molecule has 3 aromatic rings. The largest absolute Gasteiger partial charge is 0.396 e. The van der Waals surface area contributed by atoms with Crippen molar-refractivity contribution in [1.29, 1.82) is 0 Å². The van der Waals surface area contributed by atoms with Crippen molar-refractivity contribution in [2.24, 2.45) is 0 Å². The van der Waals surface area contributed by atoms with Gasteiger partial charge in [-0.3, -0.25) is 9.78 Å². The van der Waals surface area contributed by atoms with Crippen molar-refractivity contribution in [2.75, 3.05) is 6.61 Å². The smallest absolute Gasteiger partial charge is 0.244 e. The van der Waals surface area contributed by atoms with Crippen LogP contribution in [0.2, 0.25) is 0 Å². The second-order valence-corrected chi connectivity index (χ2v) is 6.09. The van der Waals surface area contributed by atoms with Crippen LogP contribution in [0.5, 0.6) is 0 Å². The molecule has 0 bridgehead atoms. The van der Waals surface area contributed by atoms with E-state index in [0.29, 0.717) is 12.8 Å². The number of nitrogens with zero attached hydrogens (tertiary/aromatic N) is 1. The molecule has 0 aliphatic rings. The maximum absolute atomic E-state index is 12.4. The summed E-state index contributed by atoms with van der Waals surface area (Å²) in [5.41, 5.74) is 2.82. The fourth-order valence-corrected chi connectivity index (χ4v) is 2.95.